The highest BCUT2D eigenvalue weighted by molar-refractivity contribution is 5.76. The largest absolute Gasteiger partial charge is 0.343 e. The SMILES string of the molecule is CCCCCCCCCCCC(=O)N1CCC(C(C)(C)C[N+](C)(C)C)CC1. The van der Waals surface area contributed by atoms with Crippen LogP contribution >= 0.6 is 0 Å². The number of hydrogen-bond donors (Lipinski definition) is 0. The molecule has 1 aliphatic rings. The second kappa shape index (κ2) is 12.1. The number of unbranched alkanes of at least 4 members (excludes halogenated alkanes) is 8. The molecule has 1 aliphatic heterocycles. The van der Waals surface area contributed by atoms with Crippen LogP contribution in [0.2, 0.25) is 0 Å². The fraction of sp³-hybridized carbons (Fsp3) is 0.958. The molecule has 1 amide bonds. The van der Waals surface area contributed by atoms with E-state index < -0.39 is 0 Å². The Morgan fingerprint density at radius 1 is 0.889 bits per heavy atom. The molecule has 1 saturated heterocycles. The molecule has 1 fully saturated rings. The Morgan fingerprint density at radius 2 is 1.37 bits per heavy atom. The summed E-state index contributed by atoms with van der Waals surface area (Å²) < 4.78 is 1.02. The van der Waals surface area contributed by atoms with Crippen LogP contribution in [0.3, 0.4) is 0 Å². The zero-order valence-corrected chi connectivity index (χ0v) is 19.5. The number of carbonyl (C=O) groups is 1. The van der Waals surface area contributed by atoms with E-state index in [4.69, 9.17) is 0 Å². The van der Waals surface area contributed by atoms with Gasteiger partial charge in [0.25, 0.3) is 0 Å². The molecule has 3 nitrogen and oxygen atoms in total. The third-order valence-corrected chi connectivity index (χ3v) is 6.33. The van der Waals surface area contributed by atoms with Crippen LogP contribution in [0, 0.1) is 11.3 Å². The van der Waals surface area contributed by atoms with Gasteiger partial charge in [0.1, 0.15) is 0 Å². The summed E-state index contributed by atoms with van der Waals surface area (Å²) >= 11 is 0. The van der Waals surface area contributed by atoms with E-state index in [1.165, 1.54) is 70.8 Å². The fourth-order valence-corrected chi connectivity index (χ4v) is 5.01. The molecule has 0 N–H and O–H groups in total. The lowest BCUT2D eigenvalue weighted by molar-refractivity contribution is -0.877. The number of amides is 1. The maximum Gasteiger partial charge on any atom is 0.222 e. The van der Waals surface area contributed by atoms with Crippen LogP contribution in [0.4, 0.5) is 0 Å². The Bertz CT molecular complexity index is 403. The minimum atomic E-state index is 0.352. The minimum Gasteiger partial charge on any atom is -0.343 e. The van der Waals surface area contributed by atoms with Gasteiger partial charge >= 0.3 is 0 Å². The van der Waals surface area contributed by atoms with E-state index in [1.807, 2.05) is 0 Å². The highest BCUT2D eigenvalue weighted by Crippen LogP contribution is 2.36. The van der Waals surface area contributed by atoms with Crippen LogP contribution in [0.25, 0.3) is 0 Å². The second-order valence-electron chi connectivity index (χ2n) is 10.7. The van der Waals surface area contributed by atoms with E-state index in [2.05, 4.69) is 46.8 Å². The van der Waals surface area contributed by atoms with Gasteiger partial charge in [0.15, 0.2) is 0 Å². The summed E-state index contributed by atoms with van der Waals surface area (Å²) in [5.74, 6) is 1.15. The van der Waals surface area contributed by atoms with E-state index in [9.17, 15) is 4.79 Å². The van der Waals surface area contributed by atoms with E-state index in [0.29, 0.717) is 11.3 Å². The Labute approximate surface area is 170 Å². The summed E-state index contributed by atoms with van der Waals surface area (Å²) in [6, 6.07) is 0. The topological polar surface area (TPSA) is 20.3 Å². The summed E-state index contributed by atoms with van der Waals surface area (Å²) in [4.78, 5) is 14.7. The van der Waals surface area contributed by atoms with Gasteiger partial charge in [0.2, 0.25) is 5.91 Å². The standard InChI is InChI=1S/C24H49N2O/c1-7-8-9-10-11-12-13-14-15-16-23(27)25-19-17-22(18-20-25)24(2,3)21-26(4,5)6/h22H,7-21H2,1-6H3/q+1. The zero-order chi connectivity index (χ0) is 20.3. The molecule has 1 rings (SSSR count). The van der Waals surface area contributed by atoms with Crippen LogP contribution in [0.5, 0.6) is 0 Å². The normalized spacial score (nSPS) is 16.7. The van der Waals surface area contributed by atoms with Gasteiger partial charge in [-0.1, -0.05) is 72.1 Å². The van der Waals surface area contributed by atoms with Gasteiger partial charge in [-0.2, -0.15) is 0 Å². The molecule has 1 heterocycles. The van der Waals surface area contributed by atoms with Crippen molar-refractivity contribution < 1.29 is 9.28 Å². The molecule has 160 valence electrons. The lowest BCUT2D eigenvalue weighted by atomic mass is 9.73. The predicted octanol–water partition coefficient (Wildman–Crippen LogP) is 5.88. The van der Waals surface area contributed by atoms with Crippen molar-refractivity contribution in [1.82, 2.24) is 4.90 Å². The minimum absolute atomic E-state index is 0.352. The number of hydrogen-bond acceptors (Lipinski definition) is 1. The molecule has 0 spiro atoms. The van der Waals surface area contributed by atoms with Crippen molar-refractivity contribution in [2.24, 2.45) is 11.3 Å². The molecule has 0 radical (unpaired) electrons. The number of rotatable bonds is 13. The molecule has 0 aliphatic carbocycles. The quantitative estimate of drug-likeness (QED) is 0.288. The van der Waals surface area contributed by atoms with Crippen molar-refractivity contribution in [3.8, 4) is 0 Å². The molecule has 0 aromatic heterocycles. The highest BCUT2D eigenvalue weighted by atomic mass is 16.2. The average molecular weight is 382 g/mol. The van der Waals surface area contributed by atoms with E-state index in [1.54, 1.807) is 0 Å². The Balaban J connectivity index is 2.15. The van der Waals surface area contributed by atoms with E-state index in [0.717, 1.165) is 36.3 Å². The molecule has 0 unspecified atom stereocenters. The molecule has 0 atom stereocenters. The predicted molar refractivity (Wildman–Crippen MR) is 118 cm³/mol. The number of piperidine rings is 1. The Morgan fingerprint density at radius 3 is 1.85 bits per heavy atom. The van der Waals surface area contributed by atoms with E-state index in [-0.39, 0.29) is 0 Å². The summed E-state index contributed by atoms with van der Waals surface area (Å²) in [5.41, 5.74) is 0.352. The molecule has 0 aromatic rings. The molecule has 27 heavy (non-hydrogen) atoms. The van der Waals surface area contributed by atoms with Crippen LogP contribution < -0.4 is 0 Å². The first kappa shape index (κ1) is 24.5. The Kier molecular flexibility index (Phi) is 11.0. The molecule has 0 saturated carbocycles. The van der Waals surface area contributed by atoms with Crippen molar-refractivity contribution in [2.75, 3.05) is 40.8 Å². The van der Waals surface area contributed by atoms with Gasteiger partial charge in [-0.05, 0) is 25.2 Å². The van der Waals surface area contributed by atoms with Crippen molar-refractivity contribution in [3.05, 3.63) is 0 Å². The van der Waals surface area contributed by atoms with Gasteiger partial charge in [-0.25, -0.2) is 0 Å². The molecular weight excluding hydrogens is 332 g/mol. The smallest absolute Gasteiger partial charge is 0.222 e. The van der Waals surface area contributed by atoms with Crippen LogP contribution in [-0.4, -0.2) is 56.1 Å². The van der Waals surface area contributed by atoms with Crippen molar-refractivity contribution in [2.45, 2.75) is 97.8 Å². The highest BCUT2D eigenvalue weighted by Gasteiger charge is 2.37. The lowest BCUT2D eigenvalue weighted by Gasteiger charge is -2.43. The first-order valence-corrected chi connectivity index (χ1v) is 11.7. The number of likely N-dealkylation sites (tertiary alicyclic amines) is 1. The maximum absolute atomic E-state index is 12.5. The monoisotopic (exact) mass is 381 g/mol. The average Bonchev–Trinajstić information content (AvgIpc) is 2.58. The van der Waals surface area contributed by atoms with Gasteiger partial charge in [-0.3, -0.25) is 4.79 Å². The van der Waals surface area contributed by atoms with Crippen molar-refractivity contribution in [3.63, 3.8) is 0 Å². The fourth-order valence-electron chi connectivity index (χ4n) is 5.01. The van der Waals surface area contributed by atoms with Crippen LogP contribution in [0.15, 0.2) is 0 Å². The van der Waals surface area contributed by atoms with Gasteiger partial charge in [0, 0.05) is 24.9 Å². The second-order valence-corrected chi connectivity index (χ2v) is 10.7. The van der Waals surface area contributed by atoms with Crippen molar-refractivity contribution >= 4 is 5.91 Å². The third-order valence-electron chi connectivity index (χ3n) is 6.33. The van der Waals surface area contributed by atoms with Crippen LogP contribution in [0.1, 0.15) is 97.8 Å². The summed E-state index contributed by atoms with van der Waals surface area (Å²) in [6.07, 6.45) is 15.0. The van der Waals surface area contributed by atoms with Crippen molar-refractivity contribution in [1.29, 1.82) is 0 Å². The summed E-state index contributed by atoms with van der Waals surface area (Å²) in [5, 5.41) is 0. The molecule has 0 aromatic carbocycles. The number of carbonyl (C=O) groups excluding carboxylic acids is 1. The maximum atomic E-state index is 12.5. The van der Waals surface area contributed by atoms with Gasteiger partial charge in [0.05, 0.1) is 27.7 Å². The molecule has 3 heteroatoms. The lowest BCUT2D eigenvalue weighted by Crippen LogP contribution is -2.49. The summed E-state index contributed by atoms with van der Waals surface area (Å²) in [6.45, 7) is 10.3. The number of nitrogens with zero attached hydrogens (tertiary/aromatic N) is 2. The first-order valence-electron chi connectivity index (χ1n) is 11.7. The first-order chi connectivity index (χ1) is 12.7. The summed E-state index contributed by atoms with van der Waals surface area (Å²) in [7, 11) is 6.85. The van der Waals surface area contributed by atoms with Gasteiger partial charge < -0.3 is 9.38 Å². The Hall–Kier alpha value is -0.570. The van der Waals surface area contributed by atoms with Crippen LogP contribution in [-0.2, 0) is 4.79 Å². The molecular formula is C24H49N2O+. The third kappa shape index (κ3) is 10.5. The van der Waals surface area contributed by atoms with E-state index >= 15 is 0 Å². The molecule has 0 bridgehead atoms. The number of quaternary nitrogens is 1. The van der Waals surface area contributed by atoms with Gasteiger partial charge in [-0.15, -0.1) is 0 Å². The zero-order valence-electron chi connectivity index (χ0n) is 19.5.